The average Bonchev–Trinajstić information content (AvgIpc) is 2.87. The number of carbonyl (C=O) groups is 2. The van der Waals surface area contributed by atoms with Gasteiger partial charge in [-0.1, -0.05) is 11.6 Å². The first-order valence-corrected chi connectivity index (χ1v) is 13.2. The van der Waals surface area contributed by atoms with Crippen LogP contribution in [0.5, 0.6) is 5.75 Å². The molecule has 1 aromatic rings. The zero-order chi connectivity index (χ0) is 24.8. The fourth-order valence-electron chi connectivity index (χ4n) is 5.05. The third-order valence-corrected chi connectivity index (χ3v) is 7.79. The minimum Gasteiger partial charge on any atom is -0.490 e. The number of likely N-dealkylation sites (N-methyl/N-ethyl adjacent to an activating group) is 1. The van der Waals surface area contributed by atoms with Crippen LogP contribution in [-0.4, -0.2) is 116 Å². The van der Waals surface area contributed by atoms with Gasteiger partial charge in [-0.3, -0.25) is 14.5 Å². The summed E-state index contributed by atoms with van der Waals surface area (Å²) in [5.41, 5.74) is 0.0501. The molecule has 3 fully saturated rings. The van der Waals surface area contributed by atoms with Crippen molar-refractivity contribution in [3.05, 3.63) is 28.8 Å². The van der Waals surface area contributed by atoms with E-state index in [0.717, 1.165) is 57.7 Å². The summed E-state index contributed by atoms with van der Waals surface area (Å²) in [6.45, 7) is 9.12. The summed E-state index contributed by atoms with van der Waals surface area (Å²) in [5, 5.41) is 0.682. The van der Waals surface area contributed by atoms with E-state index in [4.69, 9.17) is 21.1 Å². The predicted molar refractivity (Wildman–Crippen MR) is 136 cm³/mol. The number of likely N-dealkylation sites (tertiary alicyclic amines) is 1. The Morgan fingerprint density at radius 2 is 1.74 bits per heavy atom. The van der Waals surface area contributed by atoms with Gasteiger partial charge in [-0.25, -0.2) is 0 Å². The van der Waals surface area contributed by atoms with Crippen molar-refractivity contribution in [2.45, 2.75) is 38.2 Å². The predicted octanol–water partition coefficient (Wildman–Crippen LogP) is 2.27. The highest BCUT2D eigenvalue weighted by atomic mass is 35.5. The van der Waals surface area contributed by atoms with Crippen molar-refractivity contribution >= 4 is 23.4 Å². The Morgan fingerprint density at radius 3 is 2.46 bits per heavy atom. The topological polar surface area (TPSA) is 65.6 Å². The lowest BCUT2D eigenvalue weighted by Crippen LogP contribution is -2.60. The summed E-state index contributed by atoms with van der Waals surface area (Å²) in [7, 11) is 2.11. The monoisotopic (exact) mass is 506 g/mol. The number of halogens is 1. The Kier molecular flexibility index (Phi) is 8.92. The van der Waals surface area contributed by atoms with Crippen molar-refractivity contribution in [3.63, 3.8) is 0 Å². The van der Waals surface area contributed by atoms with Crippen molar-refractivity contribution in [1.82, 2.24) is 19.6 Å². The molecule has 35 heavy (non-hydrogen) atoms. The molecule has 9 heteroatoms. The van der Waals surface area contributed by atoms with Gasteiger partial charge in [0, 0.05) is 50.8 Å². The summed E-state index contributed by atoms with van der Waals surface area (Å²) >= 11 is 6.17. The van der Waals surface area contributed by atoms with Crippen molar-refractivity contribution in [2.75, 3.05) is 79.2 Å². The summed E-state index contributed by atoms with van der Waals surface area (Å²) in [4.78, 5) is 34.8. The number of piperidine rings is 1. The van der Waals surface area contributed by atoms with E-state index in [1.165, 1.54) is 6.42 Å². The van der Waals surface area contributed by atoms with Gasteiger partial charge in [-0.15, -0.1) is 0 Å². The molecule has 0 N–H and O–H groups in total. The number of hydrogen-bond acceptors (Lipinski definition) is 6. The molecule has 194 valence electrons. The normalized spacial score (nSPS) is 24.4. The van der Waals surface area contributed by atoms with Crippen molar-refractivity contribution in [1.29, 1.82) is 0 Å². The molecule has 0 spiro atoms. The van der Waals surface area contributed by atoms with E-state index < -0.39 is 5.60 Å². The molecule has 3 heterocycles. The molecule has 0 aromatic heterocycles. The molecule has 3 aliphatic rings. The third-order valence-electron chi connectivity index (χ3n) is 7.37. The molecule has 0 bridgehead atoms. The number of nitrogens with zero attached hydrogens (tertiary/aromatic N) is 4. The van der Waals surface area contributed by atoms with Gasteiger partial charge in [-0.05, 0) is 57.0 Å². The van der Waals surface area contributed by atoms with Crippen LogP contribution in [0.1, 0.15) is 31.2 Å². The van der Waals surface area contributed by atoms with Crippen LogP contribution >= 0.6 is 11.6 Å². The second kappa shape index (κ2) is 11.9. The maximum Gasteiger partial charge on any atom is 0.236 e. The molecule has 1 aromatic carbocycles. The van der Waals surface area contributed by atoms with Crippen LogP contribution in [0.25, 0.3) is 0 Å². The first-order valence-electron chi connectivity index (χ1n) is 12.8. The Bertz CT molecular complexity index is 886. The van der Waals surface area contributed by atoms with Gasteiger partial charge in [-0.2, -0.15) is 0 Å². The van der Waals surface area contributed by atoms with Gasteiger partial charge >= 0.3 is 0 Å². The minimum atomic E-state index is -0.877. The number of ether oxygens (including phenoxy) is 2. The molecule has 1 atom stereocenters. The van der Waals surface area contributed by atoms with E-state index in [-0.39, 0.29) is 24.8 Å². The van der Waals surface area contributed by atoms with E-state index in [9.17, 15) is 9.59 Å². The first-order chi connectivity index (χ1) is 16.8. The number of aryl methyl sites for hydroxylation is 1. The highest BCUT2D eigenvalue weighted by Gasteiger charge is 2.42. The van der Waals surface area contributed by atoms with E-state index in [1.807, 2.05) is 34.9 Å². The summed E-state index contributed by atoms with van der Waals surface area (Å²) in [5.74, 6) is 0.852. The quantitative estimate of drug-likeness (QED) is 0.565. The lowest BCUT2D eigenvalue weighted by atomic mass is 9.96. The second-order valence-electron chi connectivity index (χ2n) is 10.2. The zero-order valence-electron chi connectivity index (χ0n) is 21.1. The highest BCUT2D eigenvalue weighted by Crippen LogP contribution is 2.28. The van der Waals surface area contributed by atoms with Crippen LogP contribution in [0.3, 0.4) is 0 Å². The molecule has 3 saturated heterocycles. The number of hydrogen-bond donors (Lipinski definition) is 0. The summed E-state index contributed by atoms with van der Waals surface area (Å²) in [6, 6.07) is 5.53. The summed E-state index contributed by atoms with van der Waals surface area (Å²) < 4.78 is 12.4. The number of benzene rings is 1. The van der Waals surface area contributed by atoms with Gasteiger partial charge in [0.25, 0.3) is 0 Å². The van der Waals surface area contributed by atoms with Crippen molar-refractivity contribution in [2.24, 2.45) is 0 Å². The highest BCUT2D eigenvalue weighted by molar-refractivity contribution is 6.31. The first kappa shape index (κ1) is 26.2. The zero-order valence-corrected chi connectivity index (χ0v) is 21.9. The Morgan fingerprint density at radius 1 is 1.00 bits per heavy atom. The van der Waals surface area contributed by atoms with Crippen LogP contribution < -0.4 is 4.74 Å². The molecule has 1 unspecified atom stereocenters. The van der Waals surface area contributed by atoms with Crippen molar-refractivity contribution in [3.8, 4) is 5.75 Å². The molecule has 4 rings (SSSR count). The Balaban J connectivity index is 1.45. The average molecular weight is 507 g/mol. The number of amides is 2. The third kappa shape index (κ3) is 7.09. The van der Waals surface area contributed by atoms with E-state index in [0.29, 0.717) is 37.0 Å². The van der Waals surface area contributed by atoms with Crippen LogP contribution in [0.2, 0.25) is 5.02 Å². The number of morpholine rings is 1. The molecule has 3 aliphatic heterocycles. The van der Waals surface area contributed by atoms with Gasteiger partial charge in [0.1, 0.15) is 18.0 Å². The maximum absolute atomic E-state index is 13.3. The number of carbonyl (C=O) groups excluding carboxylic acids is 2. The fraction of sp³-hybridized carbons (Fsp3) is 0.692. The molecular weight excluding hydrogens is 468 g/mol. The number of piperazine rings is 1. The standard InChI is InChI=1S/C26H39ClN4O4/c1-21-16-22(6-7-23(21)27)34-20-26(17-24(32)30-8-4-3-5-9-30)19-31(14-15-35-26)25(33)18-29-12-10-28(2)11-13-29/h6-7,16H,3-5,8-15,17-20H2,1-2H3. The lowest BCUT2D eigenvalue weighted by molar-refractivity contribution is -0.167. The fourth-order valence-corrected chi connectivity index (χ4v) is 5.17. The van der Waals surface area contributed by atoms with Gasteiger partial charge in [0.2, 0.25) is 11.8 Å². The maximum atomic E-state index is 13.3. The molecule has 8 nitrogen and oxygen atoms in total. The van der Waals surface area contributed by atoms with E-state index >= 15 is 0 Å². The van der Waals surface area contributed by atoms with Gasteiger partial charge in [0.05, 0.1) is 26.1 Å². The van der Waals surface area contributed by atoms with E-state index in [1.54, 1.807) is 0 Å². The molecule has 0 aliphatic carbocycles. The number of rotatable bonds is 7. The minimum absolute atomic E-state index is 0.0777. The largest absolute Gasteiger partial charge is 0.490 e. The SMILES string of the molecule is Cc1cc(OCC2(CC(=O)N3CCCCC3)CN(C(=O)CN3CCN(C)CC3)CCO2)ccc1Cl. The molecule has 2 amide bonds. The van der Waals surface area contributed by atoms with Gasteiger partial charge < -0.3 is 24.2 Å². The molecule has 0 saturated carbocycles. The second-order valence-corrected chi connectivity index (χ2v) is 10.7. The Labute approximate surface area is 214 Å². The van der Waals surface area contributed by atoms with Crippen LogP contribution in [0, 0.1) is 6.92 Å². The van der Waals surface area contributed by atoms with Crippen LogP contribution in [0.15, 0.2) is 18.2 Å². The van der Waals surface area contributed by atoms with Gasteiger partial charge in [0.15, 0.2) is 0 Å². The van der Waals surface area contributed by atoms with E-state index in [2.05, 4.69) is 16.8 Å². The molecule has 0 radical (unpaired) electrons. The summed E-state index contributed by atoms with van der Waals surface area (Å²) in [6.07, 6.45) is 3.45. The Hall–Kier alpha value is -1.87. The molecular formula is C26H39ClN4O4. The van der Waals surface area contributed by atoms with Crippen LogP contribution in [-0.2, 0) is 14.3 Å². The smallest absolute Gasteiger partial charge is 0.236 e. The van der Waals surface area contributed by atoms with Crippen molar-refractivity contribution < 1.29 is 19.1 Å². The lowest BCUT2D eigenvalue weighted by Gasteiger charge is -2.43. The van der Waals surface area contributed by atoms with Crippen LogP contribution in [0.4, 0.5) is 0 Å².